The van der Waals surface area contributed by atoms with Crippen LogP contribution in [0.2, 0.25) is 0 Å². The van der Waals surface area contributed by atoms with Crippen molar-refractivity contribution in [2.75, 3.05) is 5.01 Å². The number of thiazole rings is 1. The van der Waals surface area contributed by atoms with Crippen LogP contribution in [0.1, 0.15) is 51.8 Å². The van der Waals surface area contributed by atoms with E-state index in [-0.39, 0.29) is 16.8 Å². The Labute approximate surface area is 185 Å². The van der Waals surface area contributed by atoms with Crippen molar-refractivity contribution in [1.29, 1.82) is 0 Å². The first-order chi connectivity index (χ1) is 15.1. The van der Waals surface area contributed by atoms with Crippen molar-refractivity contribution >= 4 is 34.2 Å². The van der Waals surface area contributed by atoms with Gasteiger partial charge in [-0.2, -0.15) is 5.10 Å². The van der Waals surface area contributed by atoms with E-state index in [0.29, 0.717) is 10.8 Å². The molecule has 5 nitrogen and oxygen atoms in total. The summed E-state index contributed by atoms with van der Waals surface area (Å²) in [5, 5.41) is 17.2. The first-order valence-corrected chi connectivity index (χ1v) is 11.3. The molecule has 2 unspecified atom stereocenters. The predicted molar refractivity (Wildman–Crippen MR) is 125 cm³/mol. The lowest BCUT2D eigenvalue weighted by atomic mass is 9.77. The fourth-order valence-corrected chi connectivity index (χ4v) is 5.46. The van der Waals surface area contributed by atoms with Gasteiger partial charge in [0, 0.05) is 5.92 Å². The van der Waals surface area contributed by atoms with Gasteiger partial charge in [0.05, 0.1) is 17.4 Å². The number of carbonyl (C=O) groups is 1. The van der Waals surface area contributed by atoms with Crippen LogP contribution in [0.5, 0.6) is 0 Å². The van der Waals surface area contributed by atoms with Crippen LogP contribution in [0.25, 0.3) is 6.08 Å². The fourth-order valence-electron chi connectivity index (χ4n) is 4.57. The van der Waals surface area contributed by atoms with Gasteiger partial charge in [0.1, 0.15) is 4.88 Å². The lowest BCUT2D eigenvalue weighted by Crippen LogP contribution is -2.28. The van der Waals surface area contributed by atoms with Crippen LogP contribution >= 0.6 is 11.3 Å². The molecule has 2 atom stereocenters. The molecule has 6 heteroatoms. The molecule has 156 valence electrons. The molecule has 0 radical (unpaired) electrons. The number of anilines is 1. The number of benzene rings is 2. The Morgan fingerprint density at radius 1 is 1.13 bits per heavy atom. The highest BCUT2D eigenvalue weighted by Crippen LogP contribution is 2.47. The van der Waals surface area contributed by atoms with Crippen LogP contribution in [0.15, 0.2) is 71.3 Å². The molecule has 0 bridgehead atoms. The van der Waals surface area contributed by atoms with Gasteiger partial charge < -0.3 is 5.11 Å². The van der Waals surface area contributed by atoms with E-state index >= 15 is 0 Å². The van der Waals surface area contributed by atoms with E-state index in [2.05, 4.69) is 35.3 Å². The van der Waals surface area contributed by atoms with Gasteiger partial charge in [-0.3, -0.25) is 0 Å². The lowest BCUT2D eigenvalue weighted by Gasteiger charge is -2.29. The van der Waals surface area contributed by atoms with E-state index < -0.39 is 5.97 Å². The van der Waals surface area contributed by atoms with Gasteiger partial charge in [0.2, 0.25) is 5.13 Å². The van der Waals surface area contributed by atoms with Crippen molar-refractivity contribution in [2.24, 2.45) is 11.0 Å². The Morgan fingerprint density at radius 2 is 1.84 bits per heavy atom. The third-order valence-electron chi connectivity index (χ3n) is 5.96. The summed E-state index contributed by atoms with van der Waals surface area (Å²) in [5.41, 5.74) is 5.26. The number of aromatic nitrogens is 1. The van der Waals surface area contributed by atoms with Crippen LogP contribution in [0, 0.1) is 12.8 Å². The third kappa shape index (κ3) is 3.68. The van der Waals surface area contributed by atoms with Crippen molar-refractivity contribution < 1.29 is 9.90 Å². The van der Waals surface area contributed by atoms with Crippen molar-refractivity contribution in [3.8, 4) is 0 Å². The molecule has 1 N–H and O–H groups in total. The van der Waals surface area contributed by atoms with Crippen LogP contribution < -0.4 is 5.01 Å². The zero-order valence-corrected chi connectivity index (χ0v) is 18.0. The topological polar surface area (TPSA) is 65.8 Å². The monoisotopic (exact) mass is 429 g/mol. The van der Waals surface area contributed by atoms with Crippen LogP contribution in [0.3, 0.4) is 0 Å². The minimum atomic E-state index is -0.938. The SMILES string of the molecule is Cc1nc(N2N=C3/C(=C/c4ccccc4)CCCC3C2c2ccccc2)sc1C(=O)O. The highest BCUT2D eigenvalue weighted by atomic mass is 32.1. The number of hydrogen-bond acceptors (Lipinski definition) is 5. The number of aromatic carboxylic acids is 1. The Balaban J connectivity index is 1.61. The molecule has 5 rings (SSSR count). The number of nitrogens with zero attached hydrogens (tertiary/aromatic N) is 3. The Kier molecular flexibility index (Phi) is 5.16. The summed E-state index contributed by atoms with van der Waals surface area (Å²) >= 11 is 1.20. The number of carboxylic acid groups (broad SMARTS) is 1. The third-order valence-corrected chi connectivity index (χ3v) is 7.09. The second-order valence-corrected chi connectivity index (χ2v) is 8.96. The fraction of sp³-hybridized carbons (Fsp3) is 0.240. The molecule has 31 heavy (non-hydrogen) atoms. The minimum Gasteiger partial charge on any atom is -0.477 e. The van der Waals surface area contributed by atoms with Gasteiger partial charge in [-0.1, -0.05) is 72.0 Å². The quantitative estimate of drug-likeness (QED) is 0.556. The maximum Gasteiger partial charge on any atom is 0.347 e. The zero-order chi connectivity index (χ0) is 21.4. The second kappa shape index (κ2) is 8.12. The Morgan fingerprint density at radius 3 is 2.52 bits per heavy atom. The molecule has 3 aromatic rings. The summed E-state index contributed by atoms with van der Waals surface area (Å²) in [5.74, 6) is -0.685. The summed E-state index contributed by atoms with van der Waals surface area (Å²) in [4.78, 5) is 16.5. The molecule has 1 aliphatic carbocycles. The molecule has 1 aromatic heterocycles. The highest BCUT2D eigenvalue weighted by Gasteiger charge is 2.43. The molecular weight excluding hydrogens is 406 g/mol. The molecule has 2 aromatic carbocycles. The summed E-state index contributed by atoms with van der Waals surface area (Å²) < 4.78 is 0. The highest BCUT2D eigenvalue weighted by molar-refractivity contribution is 7.17. The van der Waals surface area contributed by atoms with Crippen LogP contribution in [-0.4, -0.2) is 21.8 Å². The molecule has 0 saturated heterocycles. The van der Waals surface area contributed by atoms with Crippen molar-refractivity contribution in [3.05, 3.63) is 87.9 Å². The number of hydrogen-bond donors (Lipinski definition) is 1. The van der Waals surface area contributed by atoms with Crippen molar-refractivity contribution in [1.82, 2.24) is 4.98 Å². The molecule has 0 amide bonds. The first kappa shape index (κ1) is 19.7. The van der Waals surface area contributed by atoms with E-state index in [9.17, 15) is 9.90 Å². The van der Waals surface area contributed by atoms with Gasteiger partial charge in [-0.05, 0) is 49.0 Å². The Hall–Kier alpha value is -3.25. The van der Waals surface area contributed by atoms with Gasteiger partial charge in [0.25, 0.3) is 0 Å². The number of aryl methyl sites for hydroxylation is 1. The molecular formula is C25H23N3O2S. The van der Waals surface area contributed by atoms with E-state index in [1.165, 1.54) is 28.0 Å². The maximum atomic E-state index is 11.6. The van der Waals surface area contributed by atoms with Gasteiger partial charge in [0.15, 0.2) is 0 Å². The van der Waals surface area contributed by atoms with Crippen molar-refractivity contribution in [2.45, 2.75) is 32.2 Å². The molecule has 1 aliphatic heterocycles. The predicted octanol–water partition coefficient (Wildman–Crippen LogP) is 5.95. The zero-order valence-electron chi connectivity index (χ0n) is 17.2. The van der Waals surface area contributed by atoms with E-state index in [0.717, 1.165) is 25.0 Å². The molecule has 2 heterocycles. The number of carboxylic acids is 1. The first-order valence-electron chi connectivity index (χ1n) is 10.5. The minimum absolute atomic E-state index is 0.0165. The largest absolute Gasteiger partial charge is 0.477 e. The number of allylic oxidation sites excluding steroid dienone is 1. The summed E-state index contributed by atoms with van der Waals surface area (Å²) in [7, 11) is 0. The molecule has 0 spiro atoms. The van der Waals surface area contributed by atoms with Gasteiger partial charge in [-0.15, -0.1) is 0 Å². The standard InChI is InChI=1S/C25H23N3O2S/c1-16-23(24(29)30)31-25(26-16)28-22(18-11-6-3-7-12-18)20-14-8-13-19(21(20)27-28)15-17-9-4-2-5-10-17/h2-7,9-12,15,20,22H,8,13-14H2,1H3,(H,29,30)/b19-15+. The van der Waals surface area contributed by atoms with Crippen LogP contribution in [0.4, 0.5) is 5.13 Å². The Bertz CT molecular complexity index is 1170. The average Bonchev–Trinajstić information content (AvgIpc) is 3.36. The number of rotatable bonds is 4. The normalized spacial score (nSPS) is 21.8. The molecule has 1 fully saturated rings. The van der Waals surface area contributed by atoms with Crippen LogP contribution in [-0.2, 0) is 0 Å². The second-order valence-electron chi connectivity index (χ2n) is 7.98. The smallest absolute Gasteiger partial charge is 0.347 e. The van der Waals surface area contributed by atoms with E-state index in [1.54, 1.807) is 6.92 Å². The summed E-state index contributed by atoms with van der Waals surface area (Å²) in [6.45, 7) is 1.75. The van der Waals surface area contributed by atoms with E-state index in [4.69, 9.17) is 5.10 Å². The summed E-state index contributed by atoms with van der Waals surface area (Å²) in [6.07, 6.45) is 5.40. The van der Waals surface area contributed by atoms with Gasteiger partial charge >= 0.3 is 5.97 Å². The lowest BCUT2D eigenvalue weighted by molar-refractivity contribution is 0.0701. The van der Waals surface area contributed by atoms with E-state index in [1.807, 2.05) is 41.4 Å². The average molecular weight is 430 g/mol. The summed E-state index contributed by atoms with van der Waals surface area (Å²) in [6, 6.07) is 20.7. The molecule has 2 aliphatic rings. The number of hydrazone groups is 1. The molecule has 1 saturated carbocycles. The maximum absolute atomic E-state index is 11.6. The van der Waals surface area contributed by atoms with Crippen molar-refractivity contribution in [3.63, 3.8) is 0 Å². The van der Waals surface area contributed by atoms with Gasteiger partial charge in [-0.25, -0.2) is 14.8 Å². The number of fused-ring (bicyclic) bond motifs is 1.